The third kappa shape index (κ3) is 5.26. The quantitative estimate of drug-likeness (QED) is 0.190. The predicted octanol–water partition coefficient (Wildman–Crippen LogP) is 8.92. The average molecular weight is 658 g/mol. The minimum atomic E-state index is -0.210. The number of carbonyl (C=O) groups is 2. The molecule has 0 spiro atoms. The lowest BCUT2D eigenvalue weighted by molar-refractivity contribution is 0.0272. The van der Waals surface area contributed by atoms with Crippen LogP contribution in [-0.4, -0.2) is 56.8 Å². The molecule has 1 fully saturated rings. The van der Waals surface area contributed by atoms with Gasteiger partial charge in [-0.3, -0.25) is 9.59 Å². The maximum absolute atomic E-state index is 14.2. The number of rotatable bonds is 4. The van der Waals surface area contributed by atoms with Crippen molar-refractivity contribution >= 4 is 79.5 Å². The SMILES string of the molecule is C[C@H]1CN(C(=O)c2cc(-c3ccc(Cl)s3)nc3ccccc23)[C@@H](C)CN1C(=O)c1cc(-c2ccc(Cl)s2)nc2ccccc12. The number of pyridine rings is 2. The normalized spacial score (nSPS) is 17.0. The van der Waals surface area contributed by atoms with Crippen LogP contribution in [0, 0.1) is 0 Å². The Morgan fingerprint density at radius 2 is 1.07 bits per heavy atom. The zero-order chi connectivity index (χ0) is 30.5. The molecule has 2 amide bonds. The van der Waals surface area contributed by atoms with Crippen molar-refractivity contribution in [3.63, 3.8) is 0 Å². The van der Waals surface area contributed by atoms with Crippen LogP contribution >= 0.6 is 45.9 Å². The summed E-state index contributed by atoms with van der Waals surface area (Å²) in [6.45, 7) is 4.80. The molecule has 0 unspecified atom stereocenters. The first-order valence-corrected chi connectivity index (χ1v) is 16.6. The summed E-state index contributed by atoms with van der Waals surface area (Å²) in [7, 11) is 0. The summed E-state index contributed by atoms with van der Waals surface area (Å²) in [6.07, 6.45) is 0. The molecule has 2 aromatic carbocycles. The third-order valence-corrected chi connectivity index (χ3v) is 10.6. The molecule has 5 heterocycles. The van der Waals surface area contributed by atoms with Gasteiger partial charge in [0.2, 0.25) is 0 Å². The van der Waals surface area contributed by atoms with E-state index in [1.807, 2.05) is 109 Å². The van der Waals surface area contributed by atoms with Gasteiger partial charge in [-0.15, -0.1) is 22.7 Å². The van der Waals surface area contributed by atoms with Crippen LogP contribution in [-0.2, 0) is 0 Å². The lowest BCUT2D eigenvalue weighted by Crippen LogP contribution is -2.59. The number of nitrogens with zero attached hydrogens (tertiary/aromatic N) is 4. The van der Waals surface area contributed by atoms with E-state index in [0.29, 0.717) is 44.3 Å². The molecule has 0 aliphatic carbocycles. The number of thiophene rings is 2. The number of carbonyl (C=O) groups excluding carboxylic acids is 2. The molecule has 1 aliphatic rings. The summed E-state index contributed by atoms with van der Waals surface area (Å²) >= 11 is 15.3. The minimum Gasteiger partial charge on any atom is -0.332 e. The van der Waals surface area contributed by atoms with Crippen LogP contribution in [0.2, 0.25) is 8.67 Å². The van der Waals surface area contributed by atoms with E-state index in [-0.39, 0.29) is 23.9 Å². The van der Waals surface area contributed by atoms with Crippen LogP contribution in [0.5, 0.6) is 0 Å². The van der Waals surface area contributed by atoms with Crippen LogP contribution in [0.25, 0.3) is 42.9 Å². The zero-order valence-electron chi connectivity index (χ0n) is 23.8. The van der Waals surface area contributed by atoms with Gasteiger partial charge in [0.15, 0.2) is 0 Å². The smallest absolute Gasteiger partial charge is 0.254 e. The fourth-order valence-electron chi connectivity index (χ4n) is 5.86. The molecular weight excluding hydrogens is 631 g/mol. The first-order valence-electron chi connectivity index (χ1n) is 14.2. The van der Waals surface area contributed by atoms with E-state index >= 15 is 0 Å². The van der Waals surface area contributed by atoms with Gasteiger partial charge in [-0.1, -0.05) is 59.6 Å². The topological polar surface area (TPSA) is 66.4 Å². The fourth-order valence-corrected chi connectivity index (χ4v) is 7.87. The lowest BCUT2D eigenvalue weighted by atomic mass is 10.0. The molecule has 1 aliphatic heterocycles. The molecule has 0 bridgehead atoms. The van der Waals surface area contributed by atoms with Crippen molar-refractivity contribution in [2.24, 2.45) is 0 Å². The van der Waals surface area contributed by atoms with E-state index in [1.54, 1.807) is 0 Å². The van der Waals surface area contributed by atoms with Crippen LogP contribution in [0.4, 0.5) is 0 Å². The summed E-state index contributed by atoms with van der Waals surface area (Å²) in [4.78, 5) is 43.7. The van der Waals surface area contributed by atoms with Gasteiger partial charge in [0, 0.05) is 35.9 Å². The number of amides is 2. The van der Waals surface area contributed by atoms with Crippen molar-refractivity contribution in [2.45, 2.75) is 25.9 Å². The summed E-state index contributed by atoms with van der Waals surface area (Å²) in [5.41, 5.74) is 4.11. The van der Waals surface area contributed by atoms with Crippen LogP contribution in [0.15, 0.2) is 84.9 Å². The Labute approximate surface area is 272 Å². The number of hydrogen-bond acceptors (Lipinski definition) is 6. The minimum absolute atomic E-state index is 0.0785. The maximum Gasteiger partial charge on any atom is 0.254 e. The average Bonchev–Trinajstić information content (AvgIpc) is 3.68. The molecule has 0 radical (unpaired) electrons. The molecule has 0 N–H and O–H groups in total. The Morgan fingerprint density at radius 1 is 0.659 bits per heavy atom. The van der Waals surface area contributed by atoms with E-state index in [1.165, 1.54) is 22.7 Å². The highest BCUT2D eigenvalue weighted by Gasteiger charge is 2.36. The van der Waals surface area contributed by atoms with Crippen molar-refractivity contribution in [2.75, 3.05) is 13.1 Å². The highest BCUT2D eigenvalue weighted by atomic mass is 35.5. The van der Waals surface area contributed by atoms with Gasteiger partial charge < -0.3 is 9.80 Å². The molecule has 10 heteroatoms. The van der Waals surface area contributed by atoms with E-state index in [9.17, 15) is 9.59 Å². The van der Waals surface area contributed by atoms with E-state index in [4.69, 9.17) is 33.2 Å². The zero-order valence-corrected chi connectivity index (χ0v) is 27.0. The molecule has 44 heavy (non-hydrogen) atoms. The largest absolute Gasteiger partial charge is 0.332 e. The molecule has 6 aromatic rings. The van der Waals surface area contributed by atoms with Gasteiger partial charge in [-0.25, -0.2) is 9.97 Å². The maximum atomic E-state index is 14.2. The van der Waals surface area contributed by atoms with Crippen molar-refractivity contribution < 1.29 is 9.59 Å². The number of para-hydroxylation sites is 2. The highest BCUT2D eigenvalue weighted by molar-refractivity contribution is 7.19. The first kappa shape index (κ1) is 28.9. The van der Waals surface area contributed by atoms with Gasteiger partial charge in [0.1, 0.15) is 0 Å². The van der Waals surface area contributed by atoms with E-state index < -0.39 is 0 Å². The second kappa shape index (κ2) is 11.6. The monoisotopic (exact) mass is 656 g/mol. The molecular formula is C34H26Cl2N4O2S2. The van der Waals surface area contributed by atoms with Gasteiger partial charge in [-0.05, 0) is 62.4 Å². The molecule has 4 aromatic heterocycles. The van der Waals surface area contributed by atoms with Gasteiger partial charge in [0.05, 0.1) is 52.0 Å². The number of fused-ring (bicyclic) bond motifs is 2. The molecule has 7 rings (SSSR count). The molecule has 220 valence electrons. The molecule has 1 saturated heterocycles. The number of hydrogen-bond donors (Lipinski definition) is 0. The van der Waals surface area contributed by atoms with Crippen molar-refractivity contribution in [1.82, 2.24) is 19.8 Å². The highest BCUT2D eigenvalue weighted by Crippen LogP contribution is 2.35. The second-order valence-electron chi connectivity index (χ2n) is 11.0. The Balaban J connectivity index is 1.21. The molecule has 2 atom stereocenters. The number of benzene rings is 2. The Bertz CT molecular complexity index is 1930. The molecule has 0 saturated carbocycles. The van der Waals surface area contributed by atoms with Crippen molar-refractivity contribution in [1.29, 1.82) is 0 Å². The van der Waals surface area contributed by atoms with Crippen LogP contribution in [0.1, 0.15) is 34.6 Å². The number of piperazine rings is 1. The van der Waals surface area contributed by atoms with Crippen molar-refractivity contribution in [3.8, 4) is 21.1 Å². The van der Waals surface area contributed by atoms with E-state index in [2.05, 4.69) is 0 Å². The molecule has 6 nitrogen and oxygen atoms in total. The van der Waals surface area contributed by atoms with Gasteiger partial charge >= 0.3 is 0 Å². The first-order chi connectivity index (χ1) is 21.3. The second-order valence-corrected chi connectivity index (χ2v) is 14.4. The Morgan fingerprint density at radius 3 is 1.45 bits per heavy atom. The Kier molecular flexibility index (Phi) is 7.62. The summed E-state index contributed by atoms with van der Waals surface area (Å²) < 4.78 is 1.33. The fraction of sp³-hybridized carbons (Fsp3) is 0.176. The van der Waals surface area contributed by atoms with E-state index in [0.717, 1.165) is 31.6 Å². The number of halogens is 2. The van der Waals surface area contributed by atoms with Gasteiger partial charge in [0.25, 0.3) is 11.8 Å². The number of aromatic nitrogens is 2. The van der Waals surface area contributed by atoms with Crippen LogP contribution in [0.3, 0.4) is 0 Å². The lowest BCUT2D eigenvalue weighted by Gasteiger charge is -2.44. The van der Waals surface area contributed by atoms with Crippen LogP contribution < -0.4 is 0 Å². The summed E-state index contributed by atoms with van der Waals surface area (Å²) in [5.74, 6) is -0.157. The standard InChI is InChI=1S/C34H26Cl2N4O2S2/c1-19-17-40(34(42)24-16-28(30-12-14-32(36)44-30)38-26-10-6-4-8-22(24)26)20(2)18-39(19)33(41)23-15-27(29-11-13-31(35)43-29)37-25-9-5-3-7-21(23)25/h3-16,19-20H,17-18H2,1-2H3/t19-,20-/m0/s1. The predicted molar refractivity (Wildman–Crippen MR) is 181 cm³/mol. The van der Waals surface area contributed by atoms with Gasteiger partial charge in [-0.2, -0.15) is 0 Å². The Hall–Kier alpha value is -3.82. The summed E-state index contributed by atoms with van der Waals surface area (Å²) in [5, 5.41) is 1.60. The third-order valence-electron chi connectivity index (χ3n) is 8.05. The van der Waals surface area contributed by atoms with Crippen molar-refractivity contribution in [3.05, 3.63) is 105 Å². The summed E-state index contributed by atoms with van der Waals surface area (Å²) in [6, 6.07) is 26.2.